The first-order chi connectivity index (χ1) is 10.2. The van der Waals surface area contributed by atoms with E-state index in [1.807, 2.05) is 52.0 Å². The molecule has 3 nitrogen and oxygen atoms in total. The van der Waals surface area contributed by atoms with Gasteiger partial charge in [-0.15, -0.1) is 0 Å². The first-order valence-corrected chi connectivity index (χ1v) is 10.1. The molecule has 0 aliphatic carbocycles. The van der Waals surface area contributed by atoms with Gasteiger partial charge in [0.25, 0.3) is 0 Å². The molecule has 1 aliphatic rings. The van der Waals surface area contributed by atoms with Gasteiger partial charge in [-0.05, 0) is 38.1 Å². The summed E-state index contributed by atoms with van der Waals surface area (Å²) in [7, 11) is -3.05. The van der Waals surface area contributed by atoms with Gasteiger partial charge in [0.05, 0.1) is 0 Å². The fraction of sp³-hybridized carbons (Fsp3) is 0.500. The smallest absolute Gasteiger partial charge is 0.242 e. The number of hydrogen-bond donors (Lipinski definition) is 0. The summed E-state index contributed by atoms with van der Waals surface area (Å²) in [6, 6.07) is 7.62. The van der Waals surface area contributed by atoms with Crippen molar-refractivity contribution in [2.75, 3.05) is 19.4 Å². The minimum absolute atomic E-state index is 0.0810. The Bertz CT molecular complexity index is 543. The lowest BCUT2D eigenvalue weighted by Gasteiger charge is -2.38. The molecule has 0 bridgehead atoms. The van der Waals surface area contributed by atoms with E-state index in [2.05, 4.69) is 0 Å². The normalized spacial score (nSPS) is 19.7. The van der Waals surface area contributed by atoms with Gasteiger partial charge in [0, 0.05) is 20.2 Å². The second-order valence-electron chi connectivity index (χ2n) is 6.46. The molecule has 1 aromatic rings. The zero-order valence-corrected chi connectivity index (χ0v) is 15.9. The monoisotopic (exact) mass is 360 g/mol. The van der Waals surface area contributed by atoms with Crippen LogP contribution in [0.2, 0.25) is 5.02 Å². The highest BCUT2D eigenvalue weighted by Gasteiger charge is 2.41. The van der Waals surface area contributed by atoms with Crippen LogP contribution < -0.4 is 4.89 Å². The van der Waals surface area contributed by atoms with E-state index in [1.54, 1.807) is 11.8 Å². The van der Waals surface area contributed by atoms with Crippen LogP contribution in [-0.4, -0.2) is 19.4 Å². The highest BCUT2D eigenvalue weighted by Crippen LogP contribution is 2.59. The fourth-order valence-electron chi connectivity index (χ4n) is 1.83. The van der Waals surface area contributed by atoms with Crippen molar-refractivity contribution < 1.29 is 13.9 Å². The molecule has 0 radical (unpaired) electrons. The van der Waals surface area contributed by atoms with Crippen LogP contribution in [0.3, 0.4) is 0 Å². The van der Waals surface area contributed by atoms with Crippen LogP contribution in [0.15, 0.2) is 39.6 Å². The van der Waals surface area contributed by atoms with Gasteiger partial charge >= 0.3 is 0 Å². The Morgan fingerprint density at radius 2 is 1.77 bits per heavy atom. The van der Waals surface area contributed by atoms with Crippen molar-refractivity contribution in [3.8, 4) is 0 Å². The molecule has 22 heavy (non-hydrogen) atoms. The van der Waals surface area contributed by atoms with Gasteiger partial charge in [0.1, 0.15) is 19.4 Å². The average molecular weight is 361 g/mol. The third-order valence-electron chi connectivity index (χ3n) is 3.25. The molecule has 122 valence electrons. The molecule has 1 aromatic carbocycles. The minimum Gasteiger partial charge on any atom is -0.631 e. The molecular weight excluding hydrogens is 339 g/mol. The summed E-state index contributed by atoms with van der Waals surface area (Å²) >= 11 is 7.50. The second-order valence-corrected chi connectivity index (χ2v) is 10.1. The molecule has 1 saturated heterocycles. The molecular formula is C16H22ClO3PS. The van der Waals surface area contributed by atoms with E-state index >= 15 is 0 Å². The summed E-state index contributed by atoms with van der Waals surface area (Å²) in [6.45, 7) is 9.04. The largest absolute Gasteiger partial charge is 0.631 e. The maximum atomic E-state index is 12.8. The number of halogens is 1. The number of hydrogen-bond acceptors (Lipinski definition) is 4. The van der Waals surface area contributed by atoms with E-state index in [0.29, 0.717) is 24.4 Å². The fourth-order valence-corrected chi connectivity index (χ4v) is 5.47. The quantitative estimate of drug-likeness (QED) is 0.564. The molecule has 0 amide bonds. The summed E-state index contributed by atoms with van der Waals surface area (Å²) in [4.78, 5) is 14.8. The third kappa shape index (κ3) is 5.23. The molecule has 0 spiro atoms. The number of allylic oxidation sites excluding steroid dienone is 2. The van der Waals surface area contributed by atoms with Crippen LogP contribution in [0.25, 0.3) is 0 Å². The molecule has 1 aliphatic heterocycles. The molecule has 2 rings (SSSR count). The lowest BCUT2D eigenvalue weighted by Crippen LogP contribution is -2.36. The maximum Gasteiger partial charge on any atom is 0.242 e. The minimum atomic E-state index is -3.05. The van der Waals surface area contributed by atoms with Gasteiger partial charge in [0.2, 0.25) is 7.94 Å². The Hall–Kier alpha value is -0.0900. The lowest BCUT2D eigenvalue weighted by atomic mass is 9.97. The predicted octanol–water partition coefficient (Wildman–Crippen LogP) is 4.92. The topological polar surface area (TPSA) is 41.5 Å². The Morgan fingerprint density at radius 3 is 2.27 bits per heavy atom. The van der Waals surface area contributed by atoms with E-state index in [0.717, 1.165) is 15.4 Å². The average Bonchev–Trinajstić information content (AvgIpc) is 2.44. The maximum absolute atomic E-state index is 12.8. The molecule has 6 heteroatoms. The van der Waals surface area contributed by atoms with Crippen LogP contribution in [-0.2, 0) is 9.05 Å². The highest BCUT2D eigenvalue weighted by molar-refractivity contribution is 8.03. The van der Waals surface area contributed by atoms with Crippen molar-refractivity contribution in [2.24, 2.45) is 5.41 Å². The molecule has 0 N–H and O–H groups in total. The van der Waals surface area contributed by atoms with Gasteiger partial charge in [-0.2, -0.15) is 0 Å². The zero-order valence-electron chi connectivity index (χ0n) is 13.4. The molecule has 0 atom stereocenters. The van der Waals surface area contributed by atoms with Gasteiger partial charge in [-0.25, -0.2) is 9.05 Å². The summed E-state index contributed by atoms with van der Waals surface area (Å²) in [5, 5.41) is 0.706. The van der Waals surface area contributed by atoms with Gasteiger partial charge in [-0.1, -0.05) is 42.8 Å². The standard InChI is InChI=1S/C16H22ClO3PS/c1-12(2)15(22-14-7-5-13(17)6-8-14)9-21(18)19-10-16(3,4)11-20-21/h5-8H,9-11H2,1-4H3. The summed E-state index contributed by atoms with van der Waals surface area (Å²) in [5.41, 5.74) is 1.04. The van der Waals surface area contributed by atoms with Crippen LogP contribution in [0.4, 0.5) is 0 Å². The summed E-state index contributed by atoms with van der Waals surface area (Å²) in [6.07, 6.45) is 0.318. The molecule has 1 heterocycles. The van der Waals surface area contributed by atoms with E-state index in [4.69, 9.17) is 20.6 Å². The van der Waals surface area contributed by atoms with Crippen molar-refractivity contribution in [1.82, 2.24) is 0 Å². The molecule has 0 saturated carbocycles. The van der Waals surface area contributed by atoms with Crippen molar-refractivity contribution in [3.63, 3.8) is 0 Å². The summed E-state index contributed by atoms with van der Waals surface area (Å²) in [5.74, 6) is 0. The van der Waals surface area contributed by atoms with Crippen LogP contribution in [0, 0.1) is 5.41 Å². The van der Waals surface area contributed by atoms with E-state index in [1.165, 1.54) is 0 Å². The first-order valence-electron chi connectivity index (χ1n) is 7.17. The van der Waals surface area contributed by atoms with Crippen LogP contribution in [0.1, 0.15) is 27.7 Å². The number of thioether (sulfide) groups is 1. The Morgan fingerprint density at radius 1 is 1.23 bits per heavy atom. The zero-order chi connectivity index (χ0) is 16.4. The lowest BCUT2D eigenvalue weighted by molar-refractivity contribution is -0.232. The number of rotatable bonds is 4. The molecule has 0 aromatic heterocycles. The Balaban J connectivity index is 2.07. The molecule has 0 unspecified atom stereocenters. The van der Waals surface area contributed by atoms with E-state index in [9.17, 15) is 4.89 Å². The SMILES string of the molecule is CC(C)=C(C[P+]1([O-])OCC(C)(C)CO1)Sc1ccc(Cl)cc1. The summed E-state index contributed by atoms with van der Waals surface area (Å²) < 4.78 is 11.2. The van der Waals surface area contributed by atoms with E-state index in [-0.39, 0.29) is 5.41 Å². The van der Waals surface area contributed by atoms with Gasteiger partial charge < -0.3 is 4.89 Å². The third-order valence-corrected chi connectivity index (χ3v) is 6.77. The predicted molar refractivity (Wildman–Crippen MR) is 93.2 cm³/mol. The van der Waals surface area contributed by atoms with Crippen molar-refractivity contribution in [3.05, 3.63) is 39.8 Å². The van der Waals surface area contributed by atoms with Crippen LogP contribution >= 0.6 is 31.3 Å². The second kappa shape index (κ2) is 7.21. The Kier molecular flexibility index (Phi) is 5.98. The van der Waals surface area contributed by atoms with Crippen molar-refractivity contribution in [2.45, 2.75) is 32.6 Å². The molecule has 1 fully saturated rings. The highest BCUT2D eigenvalue weighted by atomic mass is 35.5. The number of benzene rings is 1. The van der Waals surface area contributed by atoms with Gasteiger partial charge in [-0.3, -0.25) is 0 Å². The van der Waals surface area contributed by atoms with Crippen molar-refractivity contribution >= 4 is 31.3 Å². The first kappa shape index (κ1) is 18.3. The Labute approximate surface area is 142 Å². The van der Waals surface area contributed by atoms with Gasteiger partial charge in [0.15, 0.2) is 0 Å². The van der Waals surface area contributed by atoms with E-state index < -0.39 is 7.94 Å². The van der Waals surface area contributed by atoms with Crippen molar-refractivity contribution in [1.29, 1.82) is 0 Å². The van der Waals surface area contributed by atoms with Crippen LogP contribution in [0.5, 0.6) is 0 Å².